The summed E-state index contributed by atoms with van der Waals surface area (Å²) in [7, 11) is 0. The molecular weight excluding hydrogens is 156 g/mol. The second kappa shape index (κ2) is 3.88. The van der Waals surface area contributed by atoms with Crippen LogP contribution in [-0.4, -0.2) is 5.11 Å². The van der Waals surface area contributed by atoms with E-state index in [1.165, 1.54) is 0 Å². The first-order valence-electron chi connectivity index (χ1n) is 3.97. The Morgan fingerprint density at radius 2 is 2.36 bits per heavy atom. The molecule has 0 saturated heterocycles. The fourth-order valence-electron chi connectivity index (χ4n) is 0.963. The van der Waals surface area contributed by atoms with Crippen LogP contribution in [0.4, 0.5) is 0 Å². The molecule has 0 amide bonds. The van der Waals surface area contributed by atoms with Crippen LogP contribution >= 0.6 is 11.3 Å². The maximum atomic E-state index is 9.69. The first-order chi connectivity index (χ1) is 5.25. The van der Waals surface area contributed by atoms with Gasteiger partial charge in [-0.05, 0) is 17.4 Å². The van der Waals surface area contributed by atoms with Gasteiger partial charge in [0, 0.05) is 4.88 Å². The van der Waals surface area contributed by atoms with Gasteiger partial charge in [-0.2, -0.15) is 0 Å². The maximum absolute atomic E-state index is 9.69. The number of hydrogen-bond acceptors (Lipinski definition) is 2. The minimum Gasteiger partial charge on any atom is -0.387 e. The highest BCUT2D eigenvalue weighted by Gasteiger charge is 2.14. The topological polar surface area (TPSA) is 20.2 Å². The average Bonchev–Trinajstić information content (AvgIpc) is 2.53. The van der Waals surface area contributed by atoms with E-state index in [9.17, 15) is 5.11 Å². The summed E-state index contributed by atoms with van der Waals surface area (Å²) in [6.45, 7) is 4.17. The van der Waals surface area contributed by atoms with Gasteiger partial charge in [-0.15, -0.1) is 11.3 Å². The Hall–Kier alpha value is -0.340. The van der Waals surface area contributed by atoms with Crippen LogP contribution in [0.25, 0.3) is 0 Å². The van der Waals surface area contributed by atoms with Crippen LogP contribution in [0.3, 0.4) is 0 Å². The predicted octanol–water partition coefficient (Wildman–Crippen LogP) is 2.83. The van der Waals surface area contributed by atoms with E-state index in [2.05, 4.69) is 13.8 Å². The van der Waals surface area contributed by atoms with E-state index < -0.39 is 0 Å². The summed E-state index contributed by atoms with van der Waals surface area (Å²) in [6.07, 6.45) is 0.763. The average molecular weight is 170 g/mol. The van der Waals surface area contributed by atoms with Gasteiger partial charge in [0.05, 0.1) is 6.10 Å². The molecule has 2 atom stereocenters. The highest BCUT2D eigenvalue weighted by molar-refractivity contribution is 7.10. The molecule has 1 heterocycles. The van der Waals surface area contributed by atoms with Gasteiger partial charge in [0.15, 0.2) is 0 Å². The third kappa shape index (κ3) is 2.04. The second-order valence-corrected chi connectivity index (χ2v) is 3.83. The molecule has 1 aromatic rings. The van der Waals surface area contributed by atoms with Crippen molar-refractivity contribution in [1.82, 2.24) is 0 Å². The monoisotopic (exact) mass is 170 g/mol. The fourth-order valence-corrected chi connectivity index (χ4v) is 1.81. The van der Waals surface area contributed by atoms with Crippen molar-refractivity contribution in [2.24, 2.45) is 5.92 Å². The minimum atomic E-state index is -0.264. The molecule has 0 radical (unpaired) electrons. The molecular formula is C9H14OS. The van der Waals surface area contributed by atoms with Crippen molar-refractivity contribution in [3.63, 3.8) is 0 Å². The SMILES string of the molecule is CCC(C)C(O)c1cccs1. The Kier molecular flexibility index (Phi) is 3.09. The number of hydrogen-bond donors (Lipinski definition) is 1. The summed E-state index contributed by atoms with van der Waals surface area (Å²) in [5, 5.41) is 11.7. The lowest BCUT2D eigenvalue weighted by Gasteiger charge is -2.14. The molecule has 0 fully saturated rings. The molecule has 1 aromatic heterocycles. The van der Waals surface area contributed by atoms with Gasteiger partial charge in [-0.1, -0.05) is 26.3 Å². The van der Waals surface area contributed by atoms with Crippen LogP contribution in [0.5, 0.6) is 0 Å². The third-order valence-electron chi connectivity index (χ3n) is 2.02. The van der Waals surface area contributed by atoms with Crippen molar-refractivity contribution < 1.29 is 5.11 Å². The standard InChI is InChI=1S/C9H14OS/c1-3-7(2)9(10)8-5-4-6-11-8/h4-7,9-10H,3H2,1-2H3. The Morgan fingerprint density at radius 1 is 1.64 bits per heavy atom. The van der Waals surface area contributed by atoms with Gasteiger partial charge in [-0.25, -0.2) is 0 Å². The first kappa shape index (κ1) is 8.75. The Labute approximate surface area is 71.7 Å². The lowest BCUT2D eigenvalue weighted by Crippen LogP contribution is -2.05. The molecule has 0 aliphatic heterocycles. The van der Waals surface area contributed by atoms with E-state index in [1.54, 1.807) is 11.3 Å². The van der Waals surface area contributed by atoms with E-state index >= 15 is 0 Å². The maximum Gasteiger partial charge on any atom is 0.0907 e. The Morgan fingerprint density at radius 3 is 2.82 bits per heavy atom. The minimum absolute atomic E-state index is 0.264. The number of aliphatic hydroxyl groups excluding tert-OH is 1. The zero-order chi connectivity index (χ0) is 8.27. The van der Waals surface area contributed by atoms with Gasteiger partial charge < -0.3 is 5.11 Å². The molecule has 0 aromatic carbocycles. The molecule has 2 heteroatoms. The normalized spacial score (nSPS) is 16.3. The summed E-state index contributed by atoms with van der Waals surface area (Å²) in [4.78, 5) is 1.08. The molecule has 0 bridgehead atoms. The van der Waals surface area contributed by atoms with E-state index in [0.717, 1.165) is 11.3 Å². The van der Waals surface area contributed by atoms with Crippen LogP contribution in [-0.2, 0) is 0 Å². The third-order valence-corrected chi connectivity index (χ3v) is 2.96. The van der Waals surface area contributed by atoms with Gasteiger partial charge >= 0.3 is 0 Å². The predicted molar refractivity (Wildman–Crippen MR) is 48.7 cm³/mol. The molecule has 1 N–H and O–H groups in total. The van der Waals surface area contributed by atoms with E-state index in [1.807, 2.05) is 17.5 Å². The molecule has 0 aliphatic rings. The van der Waals surface area contributed by atoms with Crippen molar-refractivity contribution in [3.8, 4) is 0 Å². The zero-order valence-electron chi connectivity index (χ0n) is 6.95. The van der Waals surface area contributed by atoms with Crippen LogP contribution < -0.4 is 0 Å². The Bertz CT molecular complexity index is 193. The lowest BCUT2D eigenvalue weighted by atomic mass is 10.0. The first-order valence-corrected chi connectivity index (χ1v) is 4.85. The molecule has 2 unspecified atom stereocenters. The largest absolute Gasteiger partial charge is 0.387 e. The van der Waals surface area contributed by atoms with E-state index in [0.29, 0.717) is 5.92 Å². The van der Waals surface area contributed by atoms with Gasteiger partial charge in [0.2, 0.25) is 0 Å². The van der Waals surface area contributed by atoms with Crippen molar-refractivity contribution in [2.75, 3.05) is 0 Å². The molecule has 0 aliphatic carbocycles. The number of thiophene rings is 1. The smallest absolute Gasteiger partial charge is 0.0907 e. The summed E-state index contributed by atoms with van der Waals surface area (Å²) in [5.41, 5.74) is 0. The van der Waals surface area contributed by atoms with Crippen molar-refractivity contribution in [3.05, 3.63) is 22.4 Å². The van der Waals surface area contributed by atoms with Gasteiger partial charge in [0.25, 0.3) is 0 Å². The summed E-state index contributed by atoms with van der Waals surface area (Å²) in [6, 6.07) is 3.97. The van der Waals surface area contributed by atoms with E-state index in [4.69, 9.17) is 0 Å². The molecule has 1 nitrogen and oxygen atoms in total. The van der Waals surface area contributed by atoms with Crippen LogP contribution in [0.1, 0.15) is 31.2 Å². The molecule has 62 valence electrons. The van der Waals surface area contributed by atoms with Crippen LogP contribution in [0.15, 0.2) is 17.5 Å². The zero-order valence-corrected chi connectivity index (χ0v) is 7.77. The van der Waals surface area contributed by atoms with Crippen molar-refractivity contribution in [1.29, 1.82) is 0 Å². The number of rotatable bonds is 3. The summed E-state index contributed by atoms with van der Waals surface area (Å²) in [5.74, 6) is 0.369. The highest BCUT2D eigenvalue weighted by atomic mass is 32.1. The highest BCUT2D eigenvalue weighted by Crippen LogP contribution is 2.27. The molecule has 0 saturated carbocycles. The van der Waals surface area contributed by atoms with E-state index in [-0.39, 0.29) is 6.10 Å². The van der Waals surface area contributed by atoms with Gasteiger partial charge in [-0.3, -0.25) is 0 Å². The van der Waals surface area contributed by atoms with Crippen LogP contribution in [0, 0.1) is 5.92 Å². The lowest BCUT2D eigenvalue weighted by molar-refractivity contribution is 0.119. The molecule has 11 heavy (non-hydrogen) atoms. The fraction of sp³-hybridized carbons (Fsp3) is 0.556. The second-order valence-electron chi connectivity index (χ2n) is 2.85. The molecule has 1 rings (SSSR count). The van der Waals surface area contributed by atoms with Gasteiger partial charge in [0.1, 0.15) is 0 Å². The van der Waals surface area contributed by atoms with Crippen molar-refractivity contribution >= 4 is 11.3 Å². The van der Waals surface area contributed by atoms with Crippen LogP contribution in [0.2, 0.25) is 0 Å². The summed E-state index contributed by atoms with van der Waals surface area (Å²) < 4.78 is 0. The van der Waals surface area contributed by atoms with Crippen molar-refractivity contribution in [2.45, 2.75) is 26.4 Å². The number of aliphatic hydroxyl groups is 1. The summed E-state index contributed by atoms with van der Waals surface area (Å²) >= 11 is 1.62. The quantitative estimate of drug-likeness (QED) is 0.739. The molecule has 0 spiro atoms. The Balaban J connectivity index is 2.62.